The van der Waals surface area contributed by atoms with Crippen LogP contribution in [-0.4, -0.2) is 28.2 Å². The molecule has 0 radical (unpaired) electrons. The second-order valence-electron chi connectivity index (χ2n) is 4.62. The number of aromatic nitrogens is 3. The van der Waals surface area contributed by atoms with Crippen molar-refractivity contribution in [2.45, 2.75) is 27.2 Å². The third kappa shape index (κ3) is 1.04. The van der Waals surface area contributed by atoms with Gasteiger partial charge in [-0.15, -0.1) is 0 Å². The summed E-state index contributed by atoms with van der Waals surface area (Å²) in [5.41, 5.74) is 5.75. The molecule has 0 fully saturated rings. The van der Waals surface area contributed by atoms with Gasteiger partial charge >= 0.3 is 0 Å². The van der Waals surface area contributed by atoms with Crippen LogP contribution in [-0.2, 0) is 6.42 Å². The minimum absolute atomic E-state index is 1.00. The molecule has 4 heteroatoms. The van der Waals surface area contributed by atoms with Gasteiger partial charge in [-0.25, -0.2) is 4.98 Å². The van der Waals surface area contributed by atoms with Crippen LogP contribution in [0.15, 0.2) is 0 Å². The van der Waals surface area contributed by atoms with Gasteiger partial charge < -0.3 is 4.90 Å². The molecule has 16 heavy (non-hydrogen) atoms. The van der Waals surface area contributed by atoms with Crippen LogP contribution in [0.4, 0.5) is 5.82 Å². The van der Waals surface area contributed by atoms with Crippen LogP contribution in [0.25, 0.3) is 5.65 Å². The second-order valence-corrected chi connectivity index (χ2v) is 4.62. The van der Waals surface area contributed by atoms with Crippen molar-refractivity contribution in [1.29, 1.82) is 0 Å². The average molecular weight is 216 g/mol. The van der Waals surface area contributed by atoms with Crippen molar-refractivity contribution in [2.24, 2.45) is 0 Å². The SMILES string of the molecule is Cc1nc2c(C)c(C)nn2c2c1CCN2C. The molecule has 3 rings (SSSR count). The monoisotopic (exact) mass is 216 g/mol. The Balaban J connectivity index is 2.47. The molecular weight excluding hydrogens is 200 g/mol. The highest BCUT2D eigenvalue weighted by molar-refractivity contribution is 5.62. The molecule has 0 amide bonds. The van der Waals surface area contributed by atoms with E-state index >= 15 is 0 Å². The predicted octanol–water partition coefficient (Wildman–Crippen LogP) is 1.65. The van der Waals surface area contributed by atoms with E-state index in [-0.39, 0.29) is 0 Å². The van der Waals surface area contributed by atoms with E-state index in [0.717, 1.165) is 30.0 Å². The molecule has 0 N–H and O–H groups in total. The molecule has 84 valence electrons. The van der Waals surface area contributed by atoms with Gasteiger partial charge in [0.05, 0.1) is 5.69 Å². The topological polar surface area (TPSA) is 33.4 Å². The number of likely N-dealkylation sites (N-methyl/N-ethyl adjacent to an activating group) is 1. The minimum Gasteiger partial charge on any atom is -0.359 e. The fourth-order valence-electron chi connectivity index (χ4n) is 2.46. The van der Waals surface area contributed by atoms with Crippen LogP contribution >= 0.6 is 0 Å². The summed E-state index contributed by atoms with van der Waals surface area (Å²) < 4.78 is 2.00. The molecular formula is C12H16N4. The van der Waals surface area contributed by atoms with E-state index in [2.05, 4.69) is 35.9 Å². The highest BCUT2D eigenvalue weighted by atomic mass is 15.4. The van der Waals surface area contributed by atoms with E-state index in [4.69, 9.17) is 0 Å². The van der Waals surface area contributed by atoms with Gasteiger partial charge in [-0.2, -0.15) is 9.61 Å². The number of fused-ring (bicyclic) bond motifs is 3. The minimum atomic E-state index is 1.00. The van der Waals surface area contributed by atoms with Gasteiger partial charge in [0, 0.05) is 30.4 Å². The standard InChI is InChI=1S/C12H16N4/c1-7-8(2)14-16-11(7)13-9(3)10-5-6-15(4)12(10)16/h5-6H2,1-4H3. The zero-order chi connectivity index (χ0) is 11.4. The maximum Gasteiger partial charge on any atom is 0.160 e. The quantitative estimate of drug-likeness (QED) is 0.671. The summed E-state index contributed by atoms with van der Waals surface area (Å²) in [7, 11) is 2.12. The van der Waals surface area contributed by atoms with Gasteiger partial charge in [-0.05, 0) is 27.2 Å². The van der Waals surface area contributed by atoms with Crippen LogP contribution in [0.1, 0.15) is 22.5 Å². The first-order valence-corrected chi connectivity index (χ1v) is 5.66. The Hall–Kier alpha value is -1.58. The summed E-state index contributed by atoms with van der Waals surface area (Å²) in [6.07, 6.45) is 1.08. The Bertz CT molecular complexity index is 582. The Morgan fingerprint density at radius 3 is 2.62 bits per heavy atom. The zero-order valence-corrected chi connectivity index (χ0v) is 10.2. The molecule has 1 aliphatic rings. The number of anilines is 1. The van der Waals surface area contributed by atoms with Gasteiger partial charge in [-0.1, -0.05) is 0 Å². The fraction of sp³-hybridized carbons (Fsp3) is 0.500. The summed E-state index contributed by atoms with van der Waals surface area (Å²) in [6, 6.07) is 0. The van der Waals surface area contributed by atoms with Crippen LogP contribution in [0, 0.1) is 20.8 Å². The smallest absolute Gasteiger partial charge is 0.160 e. The maximum absolute atomic E-state index is 4.68. The van der Waals surface area contributed by atoms with E-state index < -0.39 is 0 Å². The number of rotatable bonds is 0. The summed E-state index contributed by atoms with van der Waals surface area (Å²) in [6.45, 7) is 7.29. The summed E-state index contributed by atoms with van der Waals surface area (Å²) in [5, 5.41) is 4.59. The first kappa shape index (κ1) is 9.63. The zero-order valence-electron chi connectivity index (χ0n) is 10.2. The number of hydrogen-bond acceptors (Lipinski definition) is 3. The largest absolute Gasteiger partial charge is 0.359 e. The highest BCUT2D eigenvalue weighted by Crippen LogP contribution is 2.30. The first-order chi connectivity index (χ1) is 7.59. The van der Waals surface area contributed by atoms with E-state index in [9.17, 15) is 0 Å². The van der Waals surface area contributed by atoms with Gasteiger partial charge in [0.1, 0.15) is 5.82 Å². The Labute approximate surface area is 94.9 Å². The van der Waals surface area contributed by atoms with Gasteiger partial charge in [0.15, 0.2) is 5.65 Å². The lowest BCUT2D eigenvalue weighted by atomic mass is 10.2. The van der Waals surface area contributed by atoms with E-state index in [1.807, 2.05) is 11.4 Å². The predicted molar refractivity (Wildman–Crippen MR) is 64.2 cm³/mol. The molecule has 0 saturated heterocycles. The Kier molecular flexibility index (Phi) is 1.79. The molecule has 3 heterocycles. The molecule has 0 aromatic carbocycles. The van der Waals surface area contributed by atoms with Gasteiger partial charge in [0.2, 0.25) is 0 Å². The number of hydrogen-bond donors (Lipinski definition) is 0. The molecule has 0 aliphatic carbocycles. The summed E-state index contributed by atoms with van der Waals surface area (Å²) in [5.74, 6) is 1.22. The van der Waals surface area contributed by atoms with Crippen LogP contribution in [0.2, 0.25) is 0 Å². The fourth-order valence-corrected chi connectivity index (χ4v) is 2.46. The second kappa shape index (κ2) is 2.97. The lowest BCUT2D eigenvalue weighted by Crippen LogP contribution is -2.16. The van der Waals surface area contributed by atoms with E-state index in [0.29, 0.717) is 0 Å². The Morgan fingerprint density at radius 2 is 1.88 bits per heavy atom. The molecule has 0 bridgehead atoms. The van der Waals surface area contributed by atoms with Crippen molar-refractivity contribution in [3.8, 4) is 0 Å². The molecule has 4 nitrogen and oxygen atoms in total. The van der Waals surface area contributed by atoms with Crippen molar-refractivity contribution in [3.05, 3.63) is 22.5 Å². The van der Waals surface area contributed by atoms with E-state index in [1.54, 1.807) is 0 Å². The van der Waals surface area contributed by atoms with Crippen molar-refractivity contribution < 1.29 is 0 Å². The van der Waals surface area contributed by atoms with Crippen molar-refractivity contribution in [3.63, 3.8) is 0 Å². The molecule has 1 aliphatic heterocycles. The van der Waals surface area contributed by atoms with Crippen molar-refractivity contribution in [1.82, 2.24) is 14.6 Å². The highest BCUT2D eigenvalue weighted by Gasteiger charge is 2.24. The third-order valence-corrected chi connectivity index (χ3v) is 3.57. The van der Waals surface area contributed by atoms with Crippen LogP contribution < -0.4 is 4.90 Å². The molecule has 0 spiro atoms. The Morgan fingerprint density at radius 1 is 1.12 bits per heavy atom. The first-order valence-electron chi connectivity index (χ1n) is 5.66. The van der Waals surface area contributed by atoms with Crippen LogP contribution in [0.5, 0.6) is 0 Å². The van der Waals surface area contributed by atoms with Gasteiger partial charge in [0.25, 0.3) is 0 Å². The van der Waals surface area contributed by atoms with Gasteiger partial charge in [-0.3, -0.25) is 0 Å². The summed E-state index contributed by atoms with van der Waals surface area (Å²) in [4.78, 5) is 6.94. The lowest BCUT2D eigenvalue weighted by Gasteiger charge is -2.13. The average Bonchev–Trinajstić information content (AvgIpc) is 2.74. The lowest BCUT2D eigenvalue weighted by molar-refractivity contribution is 0.871. The molecule has 0 atom stereocenters. The van der Waals surface area contributed by atoms with Crippen molar-refractivity contribution >= 4 is 11.5 Å². The molecule has 0 unspecified atom stereocenters. The summed E-state index contributed by atoms with van der Waals surface area (Å²) >= 11 is 0. The number of aryl methyl sites for hydroxylation is 3. The normalized spacial score (nSPS) is 14.9. The van der Waals surface area contributed by atoms with Crippen LogP contribution in [0.3, 0.4) is 0 Å². The number of nitrogens with zero attached hydrogens (tertiary/aromatic N) is 4. The molecule has 2 aromatic rings. The third-order valence-electron chi connectivity index (χ3n) is 3.57. The van der Waals surface area contributed by atoms with Crippen molar-refractivity contribution in [2.75, 3.05) is 18.5 Å². The molecule has 2 aromatic heterocycles. The maximum atomic E-state index is 4.68. The van der Waals surface area contributed by atoms with E-state index in [1.165, 1.54) is 16.9 Å². The molecule has 0 saturated carbocycles.